The van der Waals surface area contributed by atoms with Gasteiger partial charge in [0.25, 0.3) is 5.91 Å². The van der Waals surface area contributed by atoms with E-state index in [1.54, 1.807) is 16.7 Å². The molecule has 3 amide bonds. The van der Waals surface area contributed by atoms with Gasteiger partial charge >= 0.3 is 6.03 Å². The highest BCUT2D eigenvalue weighted by atomic mass is 32.2. The number of hydrogen-bond acceptors (Lipinski definition) is 6. The Morgan fingerprint density at radius 3 is 2.79 bits per heavy atom. The van der Waals surface area contributed by atoms with Crippen molar-refractivity contribution in [3.05, 3.63) is 59.1 Å². The Morgan fingerprint density at radius 1 is 1.09 bits per heavy atom. The number of benzene rings is 1. The fourth-order valence-electron chi connectivity index (χ4n) is 5.44. The molecule has 8 nitrogen and oxygen atoms in total. The third kappa shape index (κ3) is 3.87. The van der Waals surface area contributed by atoms with E-state index < -0.39 is 0 Å². The lowest BCUT2D eigenvalue weighted by atomic mass is 9.86. The maximum Gasteiger partial charge on any atom is 0.327 e. The molecule has 4 atom stereocenters. The molecule has 0 radical (unpaired) electrons. The minimum atomic E-state index is -0.221. The molecule has 4 aliphatic rings. The molecule has 4 N–H and O–H groups in total. The first-order chi connectivity index (χ1) is 16.7. The molecule has 9 heteroatoms. The van der Waals surface area contributed by atoms with Crippen LogP contribution < -0.4 is 26.2 Å². The maximum absolute atomic E-state index is 13.4. The molecule has 3 unspecified atom stereocenters. The first-order valence-electron chi connectivity index (χ1n) is 12.0. The molecule has 34 heavy (non-hydrogen) atoms. The van der Waals surface area contributed by atoms with Gasteiger partial charge in [-0.2, -0.15) is 0 Å². The van der Waals surface area contributed by atoms with Crippen LogP contribution >= 0.6 is 11.8 Å². The maximum atomic E-state index is 13.4. The van der Waals surface area contributed by atoms with Crippen LogP contribution in [0.2, 0.25) is 0 Å². The first-order valence-corrected chi connectivity index (χ1v) is 12.9. The Hall–Kier alpha value is -2.88. The van der Waals surface area contributed by atoms with Crippen molar-refractivity contribution in [2.75, 3.05) is 24.5 Å². The Balaban J connectivity index is 1.30. The number of aromatic nitrogens is 1. The van der Waals surface area contributed by atoms with E-state index in [4.69, 9.17) is 4.98 Å². The fourth-order valence-corrected chi connectivity index (χ4v) is 6.84. The van der Waals surface area contributed by atoms with E-state index in [0.29, 0.717) is 10.7 Å². The Bertz CT molecular complexity index is 1130. The highest BCUT2D eigenvalue weighted by Gasteiger charge is 2.52. The van der Waals surface area contributed by atoms with Gasteiger partial charge in [0, 0.05) is 29.8 Å². The smallest absolute Gasteiger partial charge is 0.327 e. The second-order valence-electron chi connectivity index (χ2n) is 9.18. The molecule has 0 spiro atoms. The Labute approximate surface area is 203 Å². The summed E-state index contributed by atoms with van der Waals surface area (Å²) in [5.74, 6) is 0.574. The van der Waals surface area contributed by atoms with Crippen molar-refractivity contribution in [3.8, 4) is 11.3 Å². The van der Waals surface area contributed by atoms with Crippen LogP contribution in [0.1, 0.15) is 19.3 Å². The van der Waals surface area contributed by atoms with Gasteiger partial charge in [-0.3, -0.25) is 9.69 Å². The molecular weight excluding hydrogens is 448 g/mol. The van der Waals surface area contributed by atoms with Gasteiger partial charge < -0.3 is 21.3 Å². The third-order valence-corrected chi connectivity index (χ3v) is 8.39. The van der Waals surface area contributed by atoms with Crippen molar-refractivity contribution in [1.29, 1.82) is 0 Å². The molecule has 0 aliphatic carbocycles. The molecule has 176 valence electrons. The van der Waals surface area contributed by atoms with Crippen molar-refractivity contribution in [3.63, 3.8) is 0 Å². The van der Waals surface area contributed by atoms with Gasteiger partial charge in [-0.25, -0.2) is 9.78 Å². The number of hydrogen-bond donors (Lipinski definition) is 4. The number of urea groups is 1. The van der Waals surface area contributed by atoms with E-state index in [2.05, 4.69) is 21.3 Å². The second kappa shape index (κ2) is 9.05. The average molecular weight is 477 g/mol. The average Bonchev–Trinajstić information content (AvgIpc) is 3.25. The lowest BCUT2D eigenvalue weighted by Gasteiger charge is -2.45. The molecule has 4 aliphatic heterocycles. The number of nitrogens with zero attached hydrogens (tertiary/aromatic N) is 2. The van der Waals surface area contributed by atoms with Gasteiger partial charge in [0.15, 0.2) is 0 Å². The van der Waals surface area contributed by atoms with E-state index in [0.717, 1.165) is 55.9 Å². The number of pyridine rings is 1. The number of nitrogens with one attached hydrogen (secondary N) is 4. The summed E-state index contributed by atoms with van der Waals surface area (Å²) >= 11 is 1.54. The molecule has 5 heterocycles. The summed E-state index contributed by atoms with van der Waals surface area (Å²) in [4.78, 5) is 33.9. The van der Waals surface area contributed by atoms with Gasteiger partial charge in [0.1, 0.15) is 5.82 Å². The summed E-state index contributed by atoms with van der Waals surface area (Å²) in [5, 5.41) is 13.2. The summed E-state index contributed by atoms with van der Waals surface area (Å²) in [6, 6.07) is 15.6. The number of rotatable bonds is 4. The zero-order valence-electron chi connectivity index (χ0n) is 18.8. The monoisotopic (exact) mass is 476 g/mol. The molecule has 0 saturated carbocycles. The van der Waals surface area contributed by atoms with Crippen LogP contribution in [0.3, 0.4) is 0 Å². The van der Waals surface area contributed by atoms with Crippen molar-refractivity contribution >= 4 is 29.5 Å². The van der Waals surface area contributed by atoms with Crippen molar-refractivity contribution in [1.82, 2.24) is 26.3 Å². The van der Waals surface area contributed by atoms with E-state index >= 15 is 0 Å². The number of anilines is 1. The lowest BCUT2D eigenvalue weighted by molar-refractivity contribution is -0.117. The number of carbonyl (C=O) groups is 2. The number of carbonyl (C=O) groups excluding carboxylic acids is 2. The van der Waals surface area contributed by atoms with Gasteiger partial charge in [0.05, 0.1) is 22.0 Å². The Kier molecular flexibility index (Phi) is 5.76. The third-order valence-electron chi connectivity index (χ3n) is 7.03. The van der Waals surface area contributed by atoms with E-state index in [9.17, 15) is 9.59 Å². The molecule has 2 aromatic rings. The molecule has 1 aromatic carbocycles. The SMILES string of the molecule is O=C(N[C@@H]1CCCNC1)C1=C2NC(=O)N(c3cccc(-c4ccccc4)n3)C3CCNC(S1)C23. The van der Waals surface area contributed by atoms with Crippen LogP contribution in [0.25, 0.3) is 11.3 Å². The first kappa shape index (κ1) is 21.6. The predicted molar refractivity (Wildman–Crippen MR) is 133 cm³/mol. The summed E-state index contributed by atoms with van der Waals surface area (Å²) in [6.45, 7) is 2.57. The van der Waals surface area contributed by atoms with Crippen molar-refractivity contribution < 1.29 is 9.59 Å². The summed E-state index contributed by atoms with van der Waals surface area (Å²) in [7, 11) is 0. The van der Waals surface area contributed by atoms with E-state index in [-0.39, 0.29) is 35.3 Å². The van der Waals surface area contributed by atoms with Gasteiger partial charge in [-0.15, -0.1) is 0 Å². The Morgan fingerprint density at radius 2 is 1.97 bits per heavy atom. The van der Waals surface area contributed by atoms with Crippen LogP contribution in [0.4, 0.5) is 10.6 Å². The van der Waals surface area contributed by atoms with Crippen LogP contribution in [0.15, 0.2) is 59.1 Å². The zero-order chi connectivity index (χ0) is 23.1. The summed E-state index contributed by atoms with van der Waals surface area (Å²) in [6.07, 6.45) is 2.83. The van der Waals surface area contributed by atoms with Gasteiger partial charge in [-0.1, -0.05) is 48.2 Å². The quantitative estimate of drug-likeness (QED) is 0.541. The summed E-state index contributed by atoms with van der Waals surface area (Å²) < 4.78 is 0. The molecule has 0 bridgehead atoms. The van der Waals surface area contributed by atoms with Gasteiger partial charge in [-0.05, 0) is 44.5 Å². The summed E-state index contributed by atoms with van der Waals surface area (Å²) in [5.41, 5.74) is 2.60. The predicted octanol–water partition coefficient (Wildman–Crippen LogP) is 2.41. The van der Waals surface area contributed by atoms with Gasteiger partial charge in [0.2, 0.25) is 0 Å². The molecule has 6 rings (SSSR count). The van der Waals surface area contributed by atoms with E-state index in [1.807, 2.05) is 48.5 Å². The van der Waals surface area contributed by atoms with Crippen molar-refractivity contribution in [2.45, 2.75) is 36.7 Å². The molecule has 3 fully saturated rings. The lowest BCUT2D eigenvalue weighted by Crippen LogP contribution is -2.62. The highest BCUT2D eigenvalue weighted by molar-refractivity contribution is 8.04. The normalized spacial score (nSPS) is 28.4. The molecule has 1 aromatic heterocycles. The topological polar surface area (TPSA) is 98.4 Å². The minimum Gasteiger partial charge on any atom is -0.348 e. The highest BCUT2D eigenvalue weighted by Crippen LogP contribution is 2.47. The standard InChI is InChI=1S/C25H28N6O2S/c32-23(28-16-8-5-12-26-14-16)22-21-20-18(11-13-27-24(20)34-22)31(25(33)30-21)19-10-4-9-17(29-19)15-6-2-1-3-7-15/h1-4,6-7,9-10,16,18,20,24,26-27H,5,8,11-14H2,(H,28,32)(H,30,33)/t16-,18?,20?,24?/m1/s1. The number of thioether (sulfide) groups is 1. The van der Waals surface area contributed by atoms with Crippen LogP contribution in [-0.2, 0) is 4.79 Å². The van der Waals surface area contributed by atoms with Crippen molar-refractivity contribution in [2.24, 2.45) is 5.92 Å². The van der Waals surface area contributed by atoms with E-state index in [1.165, 1.54) is 0 Å². The minimum absolute atomic E-state index is 0.0175. The second-order valence-corrected chi connectivity index (χ2v) is 10.3. The largest absolute Gasteiger partial charge is 0.348 e. The number of piperidine rings is 2. The zero-order valence-corrected chi connectivity index (χ0v) is 19.6. The van der Waals surface area contributed by atoms with Crippen LogP contribution in [0.5, 0.6) is 0 Å². The molecule has 3 saturated heterocycles. The number of amides is 3. The van der Waals surface area contributed by atoms with Crippen LogP contribution in [0, 0.1) is 5.92 Å². The fraction of sp³-hybridized carbons (Fsp3) is 0.400. The van der Waals surface area contributed by atoms with Crippen LogP contribution in [-0.4, -0.2) is 54.0 Å². The molecular formula is C25H28N6O2S.